The van der Waals surface area contributed by atoms with E-state index in [2.05, 4.69) is 12.2 Å². The van der Waals surface area contributed by atoms with Gasteiger partial charge in [-0.2, -0.15) is 0 Å². The third-order valence-electron chi connectivity index (χ3n) is 7.20. The van der Waals surface area contributed by atoms with Crippen LogP contribution in [0.5, 0.6) is 0 Å². The minimum absolute atomic E-state index is 0.0464. The maximum Gasteiger partial charge on any atom is 0.253 e. The van der Waals surface area contributed by atoms with E-state index >= 15 is 0 Å². The molecule has 3 aliphatic rings. The Labute approximate surface area is 167 Å². The Morgan fingerprint density at radius 1 is 1.11 bits per heavy atom. The molecule has 2 amide bonds. The molecular formula is C23H32N2O3. The fourth-order valence-electron chi connectivity index (χ4n) is 5.20. The summed E-state index contributed by atoms with van der Waals surface area (Å²) < 4.78 is 5.59. The topological polar surface area (TPSA) is 58.6 Å². The van der Waals surface area contributed by atoms with E-state index in [0.29, 0.717) is 32.3 Å². The highest BCUT2D eigenvalue weighted by atomic mass is 16.5. The van der Waals surface area contributed by atoms with E-state index in [-0.39, 0.29) is 23.1 Å². The summed E-state index contributed by atoms with van der Waals surface area (Å²) in [4.78, 5) is 28.3. The van der Waals surface area contributed by atoms with Gasteiger partial charge < -0.3 is 15.0 Å². The number of rotatable bonds is 3. The first kappa shape index (κ1) is 19.4. The SMILES string of the molecule is Cc1ccc(C(=O)N2CC(C(=O)NC3CCCC3)C3(CCOCC3)C2)cc1C. The van der Waals surface area contributed by atoms with Gasteiger partial charge in [0.25, 0.3) is 5.91 Å². The summed E-state index contributed by atoms with van der Waals surface area (Å²) in [5, 5.41) is 3.29. The van der Waals surface area contributed by atoms with Gasteiger partial charge in [0.1, 0.15) is 0 Å². The maximum absolute atomic E-state index is 13.2. The molecule has 152 valence electrons. The number of aryl methyl sites for hydroxylation is 2. The van der Waals surface area contributed by atoms with Crippen molar-refractivity contribution in [2.24, 2.45) is 11.3 Å². The van der Waals surface area contributed by atoms with Crippen LogP contribution in [0.2, 0.25) is 0 Å². The van der Waals surface area contributed by atoms with Crippen LogP contribution in [0.3, 0.4) is 0 Å². The van der Waals surface area contributed by atoms with Gasteiger partial charge in [0.2, 0.25) is 5.91 Å². The predicted octanol–water partition coefficient (Wildman–Crippen LogP) is 3.23. The van der Waals surface area contributed by atoms with E-state index in [1.807, 2.05) is 30.0 Å². The fourth-order valence-corrected chi connectivity index (χ4v) is 5.20. The minimum atomic E-state index is -0.143. The van der Waals surface area contributed by atoms with Crippen molar-refractivity contribution in [2.75, 3.05) is 26.3 Å². The zero-order chi connectivity index (χ0) is 19.7. The summed E-state index contributed by atoms with van der Waals surface area (Å²) in [7, 11) is 0. The minimum Gasteiger partial charge on any atom is -0.381 e. The number of ether oxygens (including phenoxy) is 1. The number of hydrogen-bond donors (Lipinski definition) is 1. The molecule has 3 fully saturated rings. The fraction of sp³-hybridized carbons (Fsp3) is 0.652. The number of amides is 2. The summed E-state index contributed by atoms with van der Waals surface area (Å²) in [6.45, 7) is 6.63. The lowest BCUT2D eigenvalue weighted by Gasteiger charge is -2.37. The number of nitrogens with one attached hydrogen (secondary N) is 1. The Bertz CT molecular complexity index is 748. The smallest absolute Gasteiger partial charge is 0.253 e. The monoisotopic (exact) mass is 384 g/mol. The molecule has 1 aromatic carbocycles. The van der Waals surface area contributed by atoms with Gasteiger partial charge in [-0.25, -0.2) is 0 Å². The standard InChI is InChI=1S/C23H32N2O3/c1-16-7-8-18(13-17(16)2)22(27)25-14-20(21(26)24-19-5-3-4-6-19)23(15-25)9-11-28-12-10-23/h7-8,13,19-20H,3-6,9-12,14-15H2,1-2H3,(H,24,26). The molecule has 0 radical (unpaired) electrons. The number of benzene rings is 1. The molecule has 2 saturated heterocycles. The highest BCUT2D eigenvalue weighted by molar-refractivity contribution is 5.95. The second-order valence-electron chi connectivity index (χ2n) is 9.00. The van der Waals surface area contributed by atoms with Crippen molar-refractivity contribution in [2.45, 2.75) is 58.4 Å². The molecule has 2 aliphatic heterocycles. The van der Waals surface area contributed by atoms with Crippen LogP contribution in [0, 0.1) is 25.2 Å². The summed E-state index contributed by atoms with van der Waals surface area (Å²) in [6, 6.07) is 6.20. The van der Waals surface area contributed by atoms with E-state index < -0.39 is 0 Å². The Morgan fingerprint density at radius 2 is 1.82 bits per heavy atom. The second kappa shape index (κ2) is 7.86. The number of hydrogen-bond acceptors (Lipinski definition) is 3. The van der Waals surface area contributed by atoms with Crippen LogP contribution in [0.1, 0.15) is 60.0 Å². The molecule has 5 nitrogen and oxygen atoms in total. The third-order valence-corrected chi connectivity index (χ3v) is 7.20. The van der Waals surface area contributed by atoms with Crippen molar-refractivity contribution >= 4 is 11.8 Å². The van der Waals surface area contributed by atoms with Crippen LogP contribution in [0.25, 0.3) is 0 Å². The van der Waals surface area contributed by atoms with Gasteiger partial charge in [-0.05, 0) is 62.8 Å². The Hall–Kier alpha value is -1.88. The van der Waals surface area contributed by atoms with Crippen LogP contribution >= 0.6 is 0 Å². The lowest BCUT2D eigenvalue weighted by atomic mass is 9.71. The average Bonchev–Trinajstić information content (AvgIpc) is 3.32. The maximum atomic E-state index is 13.2. The molecule has 1 aromatic rings. The van der Waals surface area contributed by atoms with Crippen LogP contribution in [-0.2, 0) is 9.53 Å². The molecule has 0 bridgehead atoms. The summed E-state index contributed by atoms with van der Waals surface area (Å²) in [5.41, 5.74) is 2.90. The van der Waals surface area contributed by atoms with Crippen molar-refractivity contribution in [3.8, 4) is 0 Å². The average molecular weight is 385 g/mol. The Balaban J connectivity index is 1.54. The van der Waals surface area contributed by atoms with E-state index in [4.69, 9.17) is 4.74 Å². The summed E-state index contributed by atoms with van der Waals surface area (Å²) >= 11 is 0. The van der Waals surface area contributed by atoms with Crippen molar-refractivity contribution in [3.63, 3.8) is 0 Å². The van der Waals surface area contributed by atoms with E-state index in [1.165, 1.54) is 18.4 Å². The van der Waals surface area contributed by atoms with E-state index in [9.17, 15) is 9.59 Å². The van der Waals surface area contributed by atoms with E-state index in [0.717, 1.165) is 36.8 Å². The summed E-state index contributed by atoms with van der Waals surface area (Å²) in [6.07, 6.45) is 6.27. The van der Waals surface area contributed by atoms with Gasteiger partial charge in [-0.3, -0.25) is 9.59 Å². The van der Waals surface area contributed by atoms with Crippen molar-refractivity contribution in [1.82, 2.24) is 10.2 Å². The van der Waals surface area contributed by atoms with Crippen LogP contribution in [-0.4, -0.2) is 49.1 Å². The Morgan fingerprint density at radius 3 is 2.50 bits per heavy atom. The van der Waals surface area contributed by atoms with Crippen LogP contribution < -0.4 is 5.32 Å². The molecule has 2 heterocycles. The summed E-state index contributed by atoms with van der Waals surface area (Å²) in [5.74, 6) is 0.0572. The van der Waals surface area contributed by atoms with Crippen molar-refractivity contribution in [1.29, 1.82) is 0 Å². The predicted molar refractivity (Wildman–Crippen MR) is 108 cm³/mol. The first-order chi connectivity index (χ1) is 13.5. The Kier molecular flexibility index (Phi) is 5.46. The lowest BCUT2D eigenvalue weighted by Crippen LogP contribution is -2.46. The molecule has 4 rings (SSSR count). The highest BCUT2D eigenvalue weighted by Gasteiger charge is 2.52. The number of likely N-dealkylation sites (tertiary alicyclic amines) is 1. The van der Waals surface area contributed by atoms with Crippen LogP contribution in [0.4, 0.5) is 0 Å². The molecule has 28 heavy (non-hydrogen) atoms. The molecular weight excluding hydrogens is 352 g/mol. The zero-order valence-electron chi connectivity index (χ0n) is 17.1. The molecule has 5 heteroatoms. The number of carbonyl (C=O) groups is 2. The van der Waals surface area contributed by atoms with Gasteiger partial charge in [0.15, 0.2) is 0 Å². The normalized spacial score (nSPS) is 24.6. The van der Waals surface area contributed by atoms with Crippen molar-refractivity contribution < 1.29 is 14.3 Å². The van der Waals surface area contributed by atoms with E-state index in [1.54, 1.807) is 0 Å². The second-order valence-corrected chi connectivity index (χ2v) is 9.00. The molecule has 1 atom stereocenters. The first-order valence-corrected chi connectivity index (χ1v) is 10.7. The number of carbonyl (C=O) groups excluding carboxylic acids is 2. The van der Waals surface area contributed by atoms with Gasteiger partial charge >= 0.3 is 0 Å². The van der Waals surface area contributed by atoms with Gasteiger partial charge in [-0.1, -0.05) is 18.9 Å². The van der Waals surface area contributed by atoms with Crippen molar-refractivity contribution in [3.05, 3.63) is 34.9 Å². The lowest BCUT2D eigenvalue weighted by molar-refractivity contribution is -0.130. The first-order valence-electron chi connectivity index (χ1n) is 10.7. The van der Waals surface area contributed by atoms with Gasteiger partial charge in [0, 0.05) is 43.3 Å². The van der Waals surface area contributed by atoms with Gasteiger partial charge in [0.05, 0.1) is 5.92 Å². The zero-order valence-corrected chi connectivity index (χ0v) is 17.1. The molecule has 0 aromatic heterocycles. The molecule has 1 saturated carbocycles. The molecule has 1 spiro atoms. The largest absolute Gasteiger partial charge is 0.381 e. The molecule has 1 N–H and O–H groups in total. The number of nitrogens with zero attached hydrogens (tertiary/aromatic N) is 1. The quantitative estimate of drug-likeness (QED) is 0.870. The molecule has 1 unspecified atom stereocenters. The van der Waals surface area contributed by atoms with Gasteiger partial charge in [-0.15, -0.1) is 0 Å². The molecule has 1 aliphatic carbocycles. The highest BCUT2D eigenvalue weighted by Crippen LogP contribution is 2.45. The third kappa shape index (κ3) is 3.69. The van der Waals surface area contributed by atoms with Crippen LogP contribution in [0.15, 0.2) is 18.2 Å².